The maximum Gasteiger partial charge on any atom is 0.336 e. The molecule has 2 aromatic rings. The number of fused-ring (bicyclic) bond motifs is 2. The van der Waals surface area contributed by atoms with Gasteiger partial charge in [0.1, 0.15) is 0 Å². The van der Waals surface area contributed by atoms with E-state index in [4.69, 9.17) is 0 Å². The van der Waals surface area contributed by atoms with E-state index in [1.165, 1.54) is 24.3 Å². The molecule has 3 rings (SSSR count). The first-order chi connectivity index (χ1) is 10.4. The molecule has 22 heavy (non-hydrogen) atoms. The lowest BCUT2D eigenvalue weighted by Crippen LogP contribution is -2.15. The van der Waals surface area contributed by atoms with Crippen LogP contribution in [-0.2, 0) is 21.6 Å². The molecule has 2 atom stereocenters. The summed E-state index contributed by atoms with van der Waals surface area (Å²) in [5.41, 5.74) is -0.449. The number of carboxylic acid groups (broad SMARTS) is 1. The van der Waals surface area contributed by atoms with Crippen LogP contribution in [0.15, 0.2) is 56.0 Å². The normalized spacial score (nSPS) is 19.1. The molecule has 1 heterocycles. The fraction of sp³-hybridized carbons (Fsp3) is 0. The van der Waals surface area contributed by atoms with Gasteiger partial charge in [-0.25, -0.2) is 13.2 Å². The number of hydrogen-bond donors (Lipinski definition) is 1. The number of aromatic carboxylic acids is 1. The van der Waals surface area contributed by atoms with E-state index in [0.717, 1.165) is 12.1 Å². The summed E-state index contributed by atoms with van der Waals surface area (Å²) in [7, 11) is -3.69. The SMILES string of the molecule is O=C(O)c1cccc2c1S(=O)c1ccc([N+](=O)[O-])cc1S2=O. The summed E-state index contributed by atoms with van der Waals surface area (Å²) in [6.07, 6.45) is 0. The summed E-state index contributed by atoms with van der Waals surface area (Å²) in [4.78, 5) is 21.7. The molecule has 0 aromatic heterocycles. The van der Waals surface area contributed by atoms with Crippen molar-refractivity contribution in [2.45, 2.75) is 19.6 Å². The number of carboxylic acids is 1. The Morgan fingerprint density at radius 2 is 1.77 bits per heavy atom. The van der Waals surface area contributed by atoms with Gasteiger partial charge in [0.05, 0.1) is 51.7 Å². The molecule has 112 valence electrons. The Bertz CT molecular complexity index is 888. The molecule has 0 aliphatic carbocycles. The van der Waals surface area contributed by atoms with Crippen LogP contribution in [0, 0.1) is 10.1 Å². The van der Waals surface area contributed by atoms with Gasteiger partial charge in [-0.2, -0.15) is 0 Å². The zero-order chi connectivity index (χ0) is 16.0. The summed E-state index contributed by atoms with van der Waals surface area (Å²) in [6, 6.07) is 7.62. The van der Waals surface area contributed by atoms with Gasteiger partial charge in [-0.1, -0.05) is 6.07 Å². The molecule has 0 saturated carbocycles. The molecule has 1 aliphatic rings. The Morgan fingerprint density at radius 3 is 2.41 bits per heavy atom. The summed E-state index contributed by atoms with van der Waals surface area (Å²) in [5, 5.41) is 20.0. The van der Waals surface area contributed by atoms with Crippen molar-refractivity contribution in [3.63, 3.8) is 0 Å². The summed E-state index contributed by atoms with van der Waals surface area (Å²) in [5.74, 6) is -1.27. The molecule has 9 heteroatoms. The van der Waals surface area contributed by atoms with E-state index in [-0.39, 0.29) is 30.8 Å². The van der Waals surface area contributed by atoms with Crippen molar-refractivity contribution in [1.82, 2.24) is 0 Å². The topological polar surface area (TPSA) is 115 Å². The smallest absolute Gasteiger partial charge is 0.336 e. The fourth-order valence-corrected chi connectivity index (χ4v) is 5.52. The van der Waals surface area contributed by atoms with Crippen molar-refractivity contribution in [2.24, 2.45) is 0 Å². The molecule has 0 spiro atoms. The predicted molar refractivity (Wildman–Crippen MR) is 75.8 cm³/mol. The maximum atomic E-state index is 12.6. The number of nitro benzene ring substituents is 1. The molecule has 0 bridgehead atoms. The molecule has 0 amide bonds. The molecular formula is C13H7NO6S2. The second-order valence-corrected chi connectivity index (χ2v) is 7.17. The Morgan fingerprint density at radius 1 is 1.05 bits per heavy atom. The van der Waals surface area contributed by atoms with E-state index >= 15 is 0 Å². The zero-order valence-electron chi connectivity index (χ0n) is 10.7. The summed E-state index contributed by atoms with van der Waals surface area (Å²) >= 11 is 0. The largest absolute Gasteiger partial charge is 0.478 e. The number of nitro groups is 1. The summed E-state index contributed by atoms with van der Waals surface area (Å²) < 4.78 is 25.2. The first kappa shape index (κ1) is 14.5. The Kier molecular flexibility index (Phi) is 3.38. The maximum absolute atomic E-state index is 12.6. The van der Waals surface area contributed by atoms with Crippen molar-refractivity contribution in [2.75, 3.05) is 0 Å². The number of nitrogens with zero attached hydrogens (tertiary/aromatic N) is 1. The third kappa shape index (κ3) is 2.06. The minimum atomic E-state index is -1.86. The second kappa shape index (κ2) is 5.11. The lowest BCUT2D eigenvalue weighted by molar-refractivity contribution is -0.385. The van der Waals surface area contributed by atoms with E-state index in [1.54, 1.807) is 0 Å². The van der Waals surface area contributed by atoms with Crippen LogP contribution < -0.4 is 0 Å². The van der Waals surface area contributed by atoms with Crippen molar-refractivity contribution in [3.05, 3.63) is 52.1 Å². The van der Waals surface area contributed by atoms with Crippen molar-refractivity contribution >= 4 is 33.3 Å². The van der Waals surface area contributed by atoms with Gasteiger partial charge in [0.25, 0.3) is 5.69 Å². The van der Waals surface area contributed by atoms with Gasteiger partial charge in [0.2, 0.25) is 0 Å². The molecule has 1 N–H and O–H groups in total. The van der Waals surface area contributed by atoms with Crippen LogP contribution in [0.25, 0.3) is 0 Å². The van der Waals surface area contributed by atoms with Crippen LogP contribution in [0.5, 0.6) is 0 Å². The highest BCUT2D eigenvalue weighted by molar-refractivity contribution is 7.91. The molecule has 0 fully saturated rings. The monoisotopic (exact) mass is 337 g/mol. The van der Waals surface area contributed by atoms with Crippen LogP contribution in [-0.4, -0.2) is 24.4 Å². The van der Waals surface area contributed by atoms with Gasteiger partial charge in [-0.3, -0.25) is 10.1 Å². The molecule has 2 unspecified atom stereocenters. The highest BCUT2D eigenvalue weighted by Gasteiger charge is 2.33. The second-order valence-electron chi connectivity index (χ2n) is 4.36. The van der Waals surface area contributed by atoms with Crippen LogP contribution in [0.3, 0.4) is 0 Å². The van der Waals surface area contributed by atoms with Gasteiger partial charge >= 0.3 is 5.97 Å². The van der Waals surface area contributed by atoms with E-state index in [2.05, 4.69) is 0 Å². The van der Waals surface area contributed by atoms with E-state index in [9.17, 15) is 28.4 Å². The highest BCUT2D eigenvalue weighted by atomic mass is 32.2. The molecule has 0 radical (unpaired) electrons. The van der Waals surface area contributed by atoms with E-state index in [0.29, 0.717) is 0 Å². The number of benzene rings is 2. The van der Waals surface area contributed by atoms with E-state index < -0.39 is 32.5 Å². The van der Waals surface area contributed by atoms with Crippen LogP contribution in [0.1, 0.15) is 10.4 Å². The number of hydrogen-bond acceptors (Lipinski definition) is 5. The number of rotatable bonds is 2. The standard InChI is InChI=1S/C13H7NO6S2/c15-13(16)8-2-1-3-10-12(8)22(20)9-5-4-7(14(17)18)6-11(9)21(10)19/h1-6H,(H,15,16). The predicted octanol–water partition coefficient (Wildman–Crippen LogP) is 1.94. The fourth-order valence-electron chi connectivity index (χ4n) is 2.16. The third-order valence-electron chi connectivity index (χ3n) is 3.13. The van der Waals surface area contributed by atoms with Crippen LogP contribution in [0.2, 0.25) is 0 Å². The van der Waals surface area contributed by atoms with Gasteiger partial charge in [-0.15, -0.1) is 0 Å². The molecular weight excluding hydrogens is 330 g/mol. The number of non-ortho nitro benzene ring substituents is 1. The van der Waals surface area contributed by atoms with Crippen molar-refractivity contribution in [3.8, 4) is 0 Å². The summed E-state index contributed by atoms with van der Waals surface area (Å²) in [6.45, 7) is 0. The van der Waals surface area contributed by atoms with Crippen molar-refractivity contribution < 1.29 is 23.2 Å². The first-order valence-corrected chi connectivity index (χ1v) is 8.20. The Hall–Kier alpha value is -2.39. The Labute approximate surface area is 128 Å². The zero-order valence-corrected chi connectivity index (χ0v) is 12.3. The quantitative estimate of drug-likeness (QED) is 0.564. The minimum Gasteiger partial charge on any atom is -0.478 e. The van der Waals surface area contributed by atoms with Crippen LogP contribution >= 0.6 is 0 Å². The highest BCUT2D eigenvalue weighted by Crippen LogP contribution is 2.38. The molecule has 2 aromatic carbocycles. The van der Waals surface area contributed by atoms with Gasteiger partial charge in [0.15, 0.2) is 0 Å². The lowest BCUT2D eigenvalue weighted by atomic mass is 10.2. The van der Waals surface area contributed by atoms with Gasteiger partial charge in [-0.05, 0) is 18.2 Å². The molecule has 7 nitrogen and oxygen atoms in total. The average molecular weight is 337 g/mol. The van der Waals surface area contributed by atoms with Crippen LogP contribution in [0.4, 0.5) is 5.69 Å². The third-order valence-corrected chi connectivity index (χ3v) is 6.43. The van der Waals surface area contributed by atoms with Gasteiger partial charge < -0.3 is 5.11 Å². The average Bonchev–Trinajstić information content (AvgIpc) is 2.51. The van der Waals surface area contributed by atoms with Crippen molar-refractivity contribution in [1.29, 1.82) is 0 Å². The van der Waals surface area contributed by atoms with Gasteiger partial charge in [0, 0.05) is 12.1 Å². The molecule has 0 saturated heterocycles. The number of carbonyl (C=O) groups is 1. The minimum absolute atomic E-state index is 0.0188. The van der Waals surface area contributed by atoms with E-state index in [1.807, 2.05) is 0 Å². The lowest BCUT2D eigenvalue weighted by Gasteiger charge is -2.19. The first-order valence-electron chi connectivity index (χ1n) is 5.90. The molecule has 1 aliphatic heterocycles. The Balaban J connectivity index is 2.30.